The second kappa shape index (κ2) is 3.97. The van der Waals surface area contributed by atoms with Crippen LogP contribution in [-0.2, 0) is 9.84 Å². The molecular weight excluding hydrogens is 208 g/mol. The van der Waals surface area contributed by atoms with E-state index in [-0.39, 0.29) is 0 Å². The predicted octanol–water partition coefficient (Wildman–Crippen LogP) is 2.96. The minimum atomic E-state index is -3.13. The zero-order chi connectivity index (χ0) is 11.7. The van der Waals surface area contributed by atoms with Crippen LogP contribution in [-0.4, -0.2) is 13.2 Å². The largest absolute Gasteiger partial charge is 0.228 e. The maximum absolute atomic E-state index is 12.2. The second-order valence-electron chi connectivity index (χ2n) is 4.71. The fourth-order valence-electron chi connectivity index (χ4n) is 1.43. The highest BCUT2D eigenvalue weighted by atomic mass is 32.2. The lowest BCUT2D eigenvalue weighted by Crippen LogP contribution is -2.31. The van der Waals surface area contributed by atoms with E-state index in [0.717, 1.165) is 5.56 Å². The Morgan fingerprint density at radius 1 is 1.07 bits per heavy atom. The molecule has 0 saturated carbocycles. The summed E-state index contributed by atoms with van der Waals surface area (Å²) in [6.45, 7) is 6.96. The predicted molar refractivity (Wildman–Crippen MR) is 63.5 cm³/mol. The Bertz CT molecular complexity index is 413. The first-order valence-corrected chi connectivity index (χ1v) is 6.60. The van der Waals surface area contributed by atoms with Gasteiger partial charge in [0.15, 0.2) is 9.84 Å². The number of hydrogen-bond donors (Lipinski definition) is 0. The van der Waals surface area contributed by atoms with Crippen LogP contribution in [0.1, 0.15) is 38.5 Å². The molecule has 0 aliphatic rings. The minimum absolute atomic E-state index is 0.446. The van der Waals surface area contributed by atoms with Crippen molar-refractivity contribution in [3.05, 3.63) is 35.9 Å². The smallest absolute Gasteiger partial charge is 0.161 e. The molecule has 15 heavy (non-hydrogen) atoms. The molecular formula is C12H18O2S. The average molecular weight is 226 g/mol. The van der Waals surface area contributed by atoms with E-state index in [0.29, 0.717) is 0 Å². The van der Waals surface area contributed by atoms with Crippen molar-refractivity contribution in [2.75, 3.05) is 0 Å². The highest BCUT2D eigenvalue weighted by Gasteiger charge is 2.34. The lowest BCUT2D eigenvalue weighted by Gasteiger charge is -2.24. The summed E-state index contributed by atoms with van der Waals surface area (Å²) in [7, 11) is -3.13. The Balaban J connectivity index is 3.12. The Hall–Kier alpha value is -0.830. The van der Waals surface area contributed by atoms with Crippen molar-refractivity contribution in [2.45, 2.75) is 37.7 Å². The van der Waals surface area contributed by atoms with Crippen molar-refractivity contribution in [3.63, 3.8) is 0 Å². The quantitative estimate of drug-likeness (QED) is 0.777. The normalized spacial score (nSPS) is 14.9. The molecule has 0 aliphatic carbocycles. The van der Waals surface area contributed by atoms with Crippen molar-refractivity contribution >= 4 is 9.84 Å². The molecule has 0 unspecified atom stereocenters. The van der Waals surface area contributed by atoms with E-state index in [9.17, 15) is 8.42 Å². The van der Waals surface area contributed by atoms with Gasteiger partial charge in [0.05, 0.1) is 10.00 Å². The monoisotopic (exact) mass is 226 g/mol. The SMILES string of the molecule is C[C@H](c1ccccc1)S(=O)(=O)C(C)(C)C. The molecule has 1 rings (SSSR count). The van der Waals surface area contributed by atoms with Gasteiger partial charge >= 0.3 is 0 Å². The number of sulfone groups is 1. The van der Waals surface area contributed by atoms with Crippen LogP contribution < -0.4 is 0 Å². The lowest BCUT2D eigenvalue weighted by molar-refractivity contribution is 0.549. The molecule has 1 aromatic rings. The summed E-state index contributed by atoms with van der Waals surface area (Å²) in [6, 6.07) is 9.33. The van der Waals surface area contributed by atoms with Gasteiger partial charge in [0.1, 0.15) is 0 Å². The van der Waals surface area contributed by atoms with Gasteiger partial charge < -0.3 is 0 Å². The molecule has 0 spiro atoms. The van der Waals surface area contributed by atoms with E-state index < -0.39 is 19.8 Å². The molecule has 0 bridgehead atoms. The summed E-state index contributed by atoms with van der Waals surface area (Å²) in [6.07, 6.45) is 0. The van der Waals surface area contributed by atoms with Gasteiger partial charge in [-0.3, -0.25) is 0 Å². The van der Waals surface area contributed by atoms with E-state index >= 15 is 0 Å². The van der Waals surface area contributed by atoms with Gasteiger partial charge in [0.2, 0.25) is 0 Å². The maximum Gasteiger partial charge on any atom is 0.161 e. The fourth-order valence-corrected chi connectivity index (χ4v) is 3.01. The molecule has 0 N–H and O–H groups in total. The van der Waals surface area contributed by atoms with Crippen LogP contribution in [0.3, 0.4) is 0 Å². The molecule has 1 atom stereocenters. The van der Waals surface area contributed by atoms with Crippen LogP contribution in [0.4, 0.5) is 0 Å². The van der Waals surface area contributed by atoms with E-state index in [1.807, 2.05) is 30.3 Å². The summed E-state index contributed by atoms with van der Waals surface area (Å²) in [5, 5.41) is -0.446. The van der Waals surface area contributed by atoms with Crippen molar-refractivity contribution < 1.29 is 8.42 Å². The van der Waals surface area contributed by atoms with Crippen molar-refractivity contribution in [2.24, 2.45) is 0 Å². The fraction of sp³-hybridized carbons (Fsp3) is 0.500. The van der Waals surface area contributed by atoms with E-state index in [1.54, 1.807) is 27.7 Å². The Kier molecular flexibility index (Phi) is 3.24. The van der Waals surface area contributed by atoms with Crippen LogP contribution in [0, 0.1) is 0 Å². The van der Waals surface area contributed by atoms with Crippen molar-refractivity contribution in [3.8, 4) is 0 Å². The third-order valence-corrected chi connectivity index (χ3v) is 5.50. The lowest BCUT2D eigenvalue weighted by atomic mass is 10.2. The third kappa shape index (κ3) is 2.40. The first kappa shape index (κ1) is 12.2. The molecule has 0 fully saturated rings. The third-order valence-electron chi connectivity index (χ3n) is 2.59. The number of rotatable bonds is 2. The van der Waals surface area contributed by atoms with Crippen LogP contribution >= 0.6 is 0 Å². The van der Waals surface area contributed by atoms with Gasteiger partial charge in [0.25, 0.3) is 0 Å². The van der Waals surface area contributed by atoms with E-state index in [1.165, 1.54) is 0 Å². The second-order valence-corrected chi connectivity index (χ2v) is 7.73. The van der Waals surface area contributed by atoms with Gasteiger partial charge in [-0.15, -0.1) is 0 Å². The number of hydrogen-bond acceptors (Lipinski definition) is 2. The highest BCUT2D eigenvalue weighted by molar-refractivity contribution is 7.92. The van der Waals surface area contributed by atoms with Gasteiger partial charge in [-0.25, -0.2) is 8.42 Å². The average Bonchev–Trinajstić information content (AvgIpc) is 2.16. The highest BCUT2D eigenvalue weighted by Crippen LogP contribution is 2.30. The summed E-state index contributed by atoms with van der Waals surface area (Å²) in [5.74, 6) is 0. The first-order chi connectivity index (χ1) is 6.77. The van der Waals surface area contributed by atoms with Crippen LogP contribution in [0.5, 0.6) is 0 Å². The van der Waals surface area contributed by atoms with Gasteiger partial charge in [0, 0.05) is 0 Å². The zero-order valence-corrected chi connectivity index (χ0v) is 10.5. The molecule has 1 aromatic carbocycles. The summed E-state index contributed by atoms with van der Waals surface area (Å²) in [5.41, 5.74) is 0.854. The van der Waals surface area contributed by atoms with Crippen LogP contribution in [0.2, 0.25) is 0 Å². The molecule has 0 heterocycles. The molecule has 3 heteroatoms. The first-order valence-electron chi connectivity index (χ1n) is 5.05. The molecule has 2 nitrogen and oxygen atoms in total. The summed E-state index contributed by atoms with van der Waals surface area (Å²) in [4.78, 5) is 0. The molecule has 84 valence electrons. The molecule has 0 aromatic heterocycles. The van der Waals surface area contributed by atoms with Crippen molar-refractivity contribution in [1.82, 2.24) is 0 Å². The molecule has 0 saturated heterocycles. The maximum atomic E-state index is 12.2. The van der Waals surface area contributed by atoms with Crippen LogP contribution in [0.25, 0.3) is 0 Å². The van der Waals surface area contributed by atoms with E-state index in [4.69, 9.17) is 0 Å². The van der Waals surface area contributed by atoms with Crippen molar-refractivity contribution in [1.29, 1.82) is 0 Å². The minimum Gasteiger partial charge on any atom is -0.228 e. The number of benzene rings is 1. The van der Waals surface area contributed by atoms with Gasteiger partial charge in [-0.2, -0.15) is 0 Å². The van der Waals surface area contributed by atoms with E-state index in [2.05, 4.69) is 0 Å². The van der Waals surface area contributed by atoms with Gasteiger partial charge in [-0.1, -0.05) is 30.3 Å². The molecule has 0 radical (unpaired) electrons. The standard InChI is InChI=1S/C12H18O2S/c1-10(11-8-6-5-7-9-11)15(13,14)12(2,3)4/h5-10H,1-4H3/t10-/m1/s1. The van der Waals surface area contributed by atoms with Gasteiger partial charge in [-0.05, 0) is 33.3 Å². The summed E-state index contributed by atoms with van der Waals surface area (Å²) < 4.78 is 23.6. The Morgan fingerprint density at radius 3 is 1.93 bits per heavy atom. The topological polar surface area (TPSA) is 34.1 Å². The molecule has 0 aliphatic heterocycles. The zero-order valence-electron chi connectivity index (χ0n) is 9.69. The Morgan fingerprint density at radius 2 is 1.53 bits per heavy atom. The van der Waals surface area contributed by atoms with Crippen LogP contribution in [0.15, 0.2) is 30.3 Å². The Labute approximate surface area is 92.2 Å². The molecule has 0 amide bonds. The summed E-state index contributed by atoms with van der Waals surface area (Å²) >= 11 is 0.